The van der Waals surface area contributed by atoms with Gasteiger partial charge in [0.1, 0.15) is 17.5 Å². The van der Waals surface area contributed by atoms with Crippen LogP contribution in [-0.2, 0) is 27.3 Å². The zero-order valence-corrected chi connectivity index (χ0v) is 20.2. The van der Waals surface area contributed by atoms with Crippen molar-refractivity contribution in [3.05, 3.63) is 96.1 Å². The molecule has 0 heterocycles. The number of nitrogens with one attached hydrogen (secondary N) is 1. The van der Waals surface area contributed by atoms with E-state index < -0.39 is 6.04 Å². The zero-order chi connectivity index (χ0) is 24.9. The molecule has 3 rings (SSSR count). The molecule has 0 fully saturated rings. The number of amides is 2. The number of benzene rings is 3. The van der Waals surface area contributed by atoms with Crippen molar-refractivity contribution < 1.29 is 23.8 Å². The first-order valence-electron chi connectivity index (χ1n) is 11.5. The van der Waals surface area contributed by atoms with Gasteiger partial charge in [0, 0.05) is 26.6 Å². The van der Waals surface area contributed by atoms with Crippen LogP contribution in [0.2, 0.25) is 0 Å². The van der Waals surface area contributed by atoms with Gasteiger partial charge in [0.15, 0.2) is 6.61 Å². The third kappa shape index (κ3) is 8.15. The fourth-order valence-electron chi connectivity index (χ4n) is 3.62. The molecule has 3 aromatic rings. The molecule has 3 aromatic carbocycles. The maximum absolute atomic E-state index is 13.5. The van der Waals surface area contributed by atoms with Gasteiger partial charge in [0.2, 0.25) is 5.91 Å². The first kappa shape index (κ1) is 25.8. The molecule has 2 amide bonds. The van der Waals surface area contributed by atoms with Crippen LogP contribution in [0.15, 0.2) is 84.9 Å². The summed E-state index contributed by atoms with van der Waals surface area (Å²) in [6.07, 6.45) is 0.368. The molecule has 184 valence electrons. The molecule has 0 aromatic heterocycles. The summed E-state index contributed by atoms with van der Waals surface area (Å²) in [5, 5.41) is 2.90. The van der Waals surface area contributed by atoms with Crippen LogP contribution in [0, 0.1) is 0 Å². The fraction of sp³-hybridized carbons (Fsp3) is 0.286. The van der Waals surface area contributed by atoms with Crippen LogP contribution in [0.25, 0.3) is 0 Å². The topological polar surface area (TPSA) is 77.1 Å². The predicted octanol–water partition coefficient (Wildman–Crippen LogP) is 3.48. The van der Waals surface area contributed by atoms with E-state index in [1.165, 1.54) is 0 Å². The van der Waals surface area contributed by atoms with Crippen LogP contribution in [0.3, 0.4) is 0 Å². The highest BCUT2D eigenvalue weighted by Gasteiger charge is 2.30. The van der Waals surface area contributed by atoms with Gasteiger partial charge in [0.05, 0.1) is 13.7 Å². The van der Waals surface area contributed by atoms with E-state index in [1.807, 2.05) is 72.8 Å². The Bertz CT molecular complexity index is 1040. The molecule has 0 aliphatic carbocycles. The Morgan fingerprint density at radius 3 is 2.11 bits per heavy atom. The number of ether oxygens (including phenoxy) is 3. The van der Waals surface area contributed by atoms with E-state index in [-0.39, 0.29) is 25.0 Å². The van der Waals surface area contributed by atoms with E-state index in [9.17, 15) is 9.59 Å². The van der Waals surface area contributed by atoms with Gasteiger partial charge in [-0.1, -0.05) is 60.7 Å². The second kappa shape index (κ2) is 13.8. The third-order valence-electron chi connectivity index (χ3n) is 5.49. The van der Waals surface area contributed by atoms with E-state index in [0.717, 1.165) is 16.9 Å². The van der Waals surface area contributed by atoms with Gasteiger partial charge in [-0.3, -0.25) is 9.59 Å². The van der Waals surface area contributed by atoms with E-state index in [1.54, 1.807) is 31.3 Å². The van der Waals surface area contributed by atoms with Crippen molar-refractivity contribution in [3.8, 4) is 11.5 Å². The lowest BCUT2D eigenvalue weighted by molar-refractivity contribution is -0.142. The standard InChI is InChI=1S/C28H32N2O5/c1-33-18-17-29-28(32)26(19-22-9-5-3-6-10-22)30(20-23-13-15-24(34-2)16-14-23)27(31)21-35-25-11-7-4-8-12-25/h3-16,26H,17-21H2,1-2H3,(H,29,32). The number of para-hydroxylation sites is 1. The van der Waals surface area contributed by atoms with Crippen LogP contribution in [0.1, 0.15) is 11.1 Å². The number of hydrogen-bond donors (Lipinski definition) is 1. The number of carbonyl (C=O) groups is 2. The van der Waals surface area contributed by atoms with E-state index in [4.69, 9.17) is 14.2 Å². The molecular weight excluding hydrogens is 444 g/mol. The van der Waals surface area contributed by atoms with Gasteiger partial charge in [0.25, 0.3) is 5.91 Å². The Kier molecular flexibility index (Phi) is 10.1. The number of carbonyl (C=O) groups excluding carboxylic acids is 2. The molecule has 1 unspecified atom stereocenters. The third-order valence-corrected chi connectivity index (χ3v) is 5.49. The molecule has 7 nitrogen and oxygen atoms in total. The molecule has 0 saturated carbocycles. The highest BCUT2D eigenvalue weighted by molar-refractivity contribution is 5.88. The molecule has 1 atom stereocenters. The average molecular weight is 477 g/mol. The van der Waals surface area contributed by atoms with Gasteiger partial charge in [-0.2, -0.15) is 0 Å². The maximum Gasteiger partial charge on any atom is 0.261 e. The number of hydrogen-bond acceptors (Lipinski definition) is 5. The second-order valence-electron chi connectivity index (χ2n) is 7.96. The monoisotopic (exact) mass is 476 g/mol. The minimum Gasteiger partial charge on any atom is -0.497 e. The summed E-state index contributed by atoms with van der Waals surface area (Å²) in [5.41, 5.74) is 1.83. The Morgan fingerprint density at radius 2 is 1.49 bits per heavy atom. The minimum atomic E-state index is -0.733. The summed E-state index contributed by atoms with van der Waals surface area (Å²) in [6, 6.07) is 25.5. The van der Waals surface area contributed by atoms with Gasteiger partial charge in [-0.15, -0.1) is 0 Å². The Morgan fingerprint density at radius 1 is 0.829 bits per heavy atom. The van der Waals surface area contributed by atoms with Crippen molar-refractivity contribution in [1.29, 1.82) is 0 Å². The lowest BCUT2D eigenvalue weighted by atomic mass is 10.0. The molecule has 0 saturated heterocycles. The first-order chi connectivity index (χ1) is 17.1. The summed E-state index contributed by atoms with van der Waals surface area (Å²) in [7, 11) is 3.18. The molecule has 0 radical (unpaired) electrons. The second-order valence-corrected chi connectivity index (χ2v) is 7.96. The van der Waals surface area contributed by atoms with Crippen LogP contribution < -0.4 is 14.8 Å². The lowest BCUT2D eigenvalue weighted by Gasteiger charge is -2.31. The largest absolute Gasteiger partial charge is 0.497 e. The summed E-state index contributed by atoms with van der Waals surface area (Å²) in [6.45, 7) is 0.798. The van der Waals surface area contributed by atoms with Crippen LogP contribution in [-0.4, -0.2) is 56.7 Å². The SMILES string of the molecule is COCCNC(=O)C(Cc1ccccc1)N(Cc1ccc(OC)cc1)C(=O)COc1ccccc1. The summed E-state index contributed by atoms with van der Waals surface area (Å²) in [4.78, 5) is 28.4. The number of methoxy groups -OCH3 is 2. The summed E-state index contributed by atoms with van der Waals surface area (Å²) in [5.74, 6) is 0.784. The van der Waals surface area contributed by atoms with Crippen LogP contribution in [0.4, 0.5) is 0 Å². The van der Waals surface area contributed by atoms with Gasteiger partial charge in [-0.25, -0.2) is 0 Å². The first-order valence-corrected chi connectivity index (χ1v) is 11.5. The predicted molar refractivity (Wildman–Crippen MR) is 134 cm³/mol. The molecule has 0 aliphatic heterocycles. The molecule has 1 N–H and O–H groups in total. The van der Waals surface area contributed by atoms with Crippen LogP contribution >= 0.6 is 0 Å². The zero-order valence-electron chi connectivity index (χ0n) is 20.2. The molecule has 0 spiro atoms. The van der Waals surface area contributed by atoms with Crippen LogP contribution in [0.5, 0.6) is 11.5 Å². The molecular formula is C28H32N2O5. The van der Waals surface area contributed by atoms with E-state index >= 15 is 0 Å². The summed E-state index contributed by atoms with van der Waals surface area (Å²) >= 11 is 0. The van der Waals surface area contributed by atoms with Gasteiger partial charge in [-0.05, 0) is 35.4 Å². The molecule has 7 heteroatoms. The maximum atomic E-state index is 13.5. The van der Waals surface area contributed by atoms with Crippen molar-refractivity contribution in [2.24, 2.45) is 0 Å². The minimum absolute atomic E-state index is 0.184. The van der Waals surface area contributed by atoms with Crippen molar-refractivity contribution in [1.82, 2.24) is 10.2 Å². The smallest absolute Gasteiger partial charge is 0.261 e. The number of nitrogens with zero attached hydrogens (tertiary/aromatic N) is 1. The van der Waals surface area contributed by atoms with Gasteiger partial charge < -0.3 is 24.4 Å². The highest BCUT2D eigenvalue weighted by Crippen LogP contribution is 2.18. The normalized spacial score (nSPS) is 11.4. The average Bonchev–Trinajstić information content (AvgIpc) is 2.91. The Hall–Kier alpha value is -3.84. The van der Waals surface area contributed by atoms with Crippen molar-refractivity contribution in [3.63, 3.8) is 0 Å². The fourth-order valence-corrected chi connectivity index (χ4v) is 3.62. The van der Waals surface area contributed by atoms with Crippen molar-refractivity contribution >= 4 is 11.8 Å². The molecule has 35 heavy (non-hydrogen) atoms. The highest BCUT2D eigenvalue weighted by atomic mass is 16.5. The van der Waals surface area contributed by atoms with E-state index in [0.29, 0.717) is 25.3 Å². The molecule has 0 bridgehead atoms. The summed E-state index contributed by atoms with van der Waals surface area (Å²) < 4.78 is 16.1. The van der Waals surface area contributed by atoms with Gasteiger partial charge >= 0.3 is 0 Å². The Labute approximate surface area is 206 Å². The molecule has 0 aliphatic rings. The quantitative estimate of drug-likeness (QED) is 0.382. The number of rotatable bonds is 13. The lowest BCUT2D eigenvalue weighted by Crippen LogP contribution is -2.52. The van der Waals surface area contributed by atoms with Crippen molar-refractivity contribution in [2.75, 3.05) is 34.0 Å². The Balaban J connectivity index is 1.87. The van der Waals surface area contributed by atoms with Crippen molar-refractivity contribution in [2.45, 2.75) is 19.0 Å². The van der Waals surface area contributed by atoms with E-state index in [2.05, 4.69) is 5.32 Å².